The molecule has 2 amide bonds. The molecular formula is C17H20FN3O3. The number of carbonyl (C=O) groups is 2. The summed E-state index contributed by atoms with van der Waals surface area (Å²) < 4.78 is 14.6. The molecule has 0 aliphatic heterocycles. The molecule has 2 rings (SSSR count). The molecule has 0 radical (unpaired) electrons. The molecule has 0 fully saturated rings. The van der Waals surface area contributed by atoms with E-state index in [1.165, 1.54) is 24.3 Å². The number of nitrogens with zero attached hydrogens (tertiary/aromatic N) is 1. The van der Waals surface area contributed by atoms with Crippen LogP contribution in [0.4, 0.5) is 4.39 Å². The second kappa shape index (κ2) is 8.26. The van der Waals surface area contributed by atoms with Crippen LogP contribution in [0.1, 0.15) is 23.8 Å². The number of nitrogens with one attached hydrogen (secondary N) is 2. The van der Waals surface area contributed by atoms with Gasteiger partial charge in [-0.05, 0) is 36.2 Å². The second-order valence-corrected chi connectivity index (χ2v) is 5.41. The molecule has 24 heavy (non-hydrogen) atoms. The first-order valence-corrected chi connectivity index (χ1v) is 7.57. The van der Waals surface area contributed by atoms with Gasteiger partial charge >= 0.3 is 11.8 Å². The van der Waals surface area contributed by atoms with Crippen LogP contribution < -0.4 is 10.6 Å². The molecule has 0 aliphatic rings. The lowest BCUT2D eigenvalue weighted by Crippen LogP contribution is -2.40. The van der Waals surface area contributed by atoms with Crippen LogP contribution in [0.2, 0.25) is 0 Å². The largest absolute Gasteiger partial charge is 0.387 e. The number of aliphatic hydroxyl groups excluding tert-OH is 1. The van der Waals surface area contributed by atoms with Gasteiger partial charge in [0.05, 0.1) is 6.10 Å². The molecule has 7 heteroatoms. The van der Waals surface area contributed by atoms with E-state index in [1.807, 2.05) is 19.3 Å². The second-order valence-electron chi connectivity index (χ2n) is 5.41. The van der Waals surface area contributed by atoms with E-state index in [0.29, 0.717) is 12.0 Å². The maximum atomic E-state index is 12.8. The molecule has 1 atom stereocenters. The van der Waals surface area contributed by atoms with Gasteiger partial charge in [-0.1, -0.05) is 12.1 Å². The van der Waals surface area contributed by atoms with Crippen molar-refractivity contribution in [3.8, 4) is 0 Å². The molecule has 0 spiro atoms. The lowest BCUT2D eigenvalue weighted by Gasteiger charge is -2.12. The Morgan fingerprint density at radius 2 is 1.83 bits per heavy atom. The first-order chi connectivity index (χ1) is 11.5. The van der Waals surface area contributed by atoms with E-state index in [2.05, 4.69) is 10.6 Å². The van der Waals surface area contributed by atoms with Gasteiger partial charge in [0.15, 0.2) is 0 Å². The minimum Gasteiger partial charge on any atom is -0.387 e. The number of hydrogen-bond donors (Lipinski definition) is 3. The van der Waals surface area contributed by atoms with Crippen molar-refractivity contribution in [1.29, 1.82) is 0 Å². The molecule has 6 nitrogen and oxygen atoms in total. The monoisotopic (exact) mass is 333 g/mol. The Labute approximate surface area is 139 Å². The van der Waals surface area contributed by atoms with Crippen LogP contribution in [0.3, 0.4) is 0 Å². The highest BCUT2D eigenvalue weighted by molar-refractivity contribution is 6.35. The van der Waals surface area contributed by atoms with Gasteiger partial charge in [0, 0.05) is 32.0 Å². The van der Waals surface area contributed by atoms with E-state index in [9.17, 15) is 19.1 Å². The summed E-state index contributed by atoms with van der Waals surface area (Å²) >= 11 is 0. The van der Waals surface area contributed by atoms with Crippen molar-refractivity contribution >= 4 is 11.8 Å². The van der Waals surface area contributed by atoms with E-state index in [1.54, 1.807) is 10.6 Å². The average molecular weight is 333 g/mol. The number of hydrogen-bond acceptors (Lipinski definition) is 3. The molecule has 1 aromatic heterocycles. The molecule has 3 N–H and O–H groups in total. The predicted molar refractivity (Wildman–Crippen MR) is 86.2 cm³/mol. The molecule has 1 aromatic carbocycles. The van der Waals surface area contributed by atoms with Gasteiger partial charge in [-0.3, -0.25) is 9.59 Å². The fraction of sp³-hybridized carbons (Fsp3) is 0.294. The van der Waals surface area contributed by atoms with E-state index in [-0.39, 0.29) is 18.9 Å². The van der Waals surface area contributed by atoms with E-state index < -0.39 is 17.9 Å². The number of halogens is 1. The summed E-state index contributed by atoms with van der Waals surface area (Å²) in [7, 11) is 1.82. The van der Waals surface area contributed by atoms with Crippen molar-refractivity contribution in [3.63, 3.8) is 0 Å². The van der Waals surface area contributed by atoms with Gasteiger partial charge < -0.3 is 20.3 Å². The summed E-state index contributed by atoms with van der Waals surface area (Å²) in [4.78, 5) is 23.4. The average Bonchev–Trinajstić information content (AvgIpc) is 3.00. The number of aliphatic hydroxyl groups is 1. The topological polar surface area (TPSA) is 83.4 Å². The fourth-order valence-electron chi connectivity index (χ4n) is 2.24. The Hall–Kier alpha value is -2.67. The minimum absolute atomic E-state index is 0.137. The number of amides is 2. The molecule has 1 heterocycles. The molecule has 0 bridgehead atoms. The zero-order valence-corrected chi connectivity index (χ0v) is 13.3. The Balaban J connectivity index is 1.71. The first-order valence-electron chi connectivity index (χ1n) is 7.57. The van der Waals surface area contributed by atoms with Crippen LogP contribution in [-0.2, 0) is 23.2 Å². The normalized spacial score (nSPS) is 11.8. The molecule has 128 valence electrons. The molecule has 0 unspecified atom stereocenters. The highest BCUT2D eigenvalue weighted by Crippen LogP contribution is 2.15. The third kappa shape index (κ3) is 4.92. The SMILES string of the molecule is Cn1cccc1[C@H](O)CCNC(=O)C(=O)NCc1ccc(F)cc1. The lowest BCUT2D eigenvalue weighted by atomic mass is 10.2. The summed E-state index contributed by atoms with van der Waals surface area (Å²) in [6.07, 6.45) is 1.40. The number of carbonyl (C=O) groups excluding carboxylic acids is 2. The van der Waals surface area contributed by atoms with Crippen molar-refractivity contribution in [2.24, 2.45) is 7.05 Å². The summed E-state index contributed by atoms with van der Waals surface area (Å²) in [5.41, 5.74) is 1.43. The van der Waals surface area contributed by atoms with E-state index in [4.69, 9.17) is 0 Å². The van der Waals surface area contributed by atoms with Crippen LogP contribution in [0.5, 0.6) is 0 Å². The third-order valence-electron chi connectivity index (χ3n) is 3.60. The Kier molecular flexibility index (Phi) is 6.08. The Morgan fingerprint density at radius 3 is 2.46 bits per heavy atom. The highest BCUT2D eigenvalue weighted by atomic mass is 19.1. The molecule has 0 saturated carbocycles. The van der Waals surface area contributed by atoms with Gasteiger partial charge in [-0.25, -0.2) is 4.39 Å². The highest BCUT2D eigenvalue weighted by Gasteiger charge is 2.15. The summed E-state index contributed by atoms with van der Waals surface area (Å²) in [6, 6.07) is 9.24. The zero-order valence-electron chi connectivity index (χ0n) is 13.3. The van der Waals surface area contributed by atoms with Crippen LogP contribution in [-0.4, -0.2) is 28.0 Å². The van der Waals surface area contributed by atoms with Crippen molar-refractivity contribution in [2.45, 2.75) is 19.1 Å². The predicted octanol–water partition coefficient (Wildman–Crippen LogP) is 1.02. The smallest absolute Gasteiger partial charge is 0.309 e. The summed E-state index contributed by atoms with van der Waals surface area (Å²) in [5.74, 6) is -1.90. The van der Waals surface area contributed by atoms with Gasteiger partial charge in [-0.15, -0.1) is 0 Å². The van der Waals surface area contributed by atoms with E-state index in [0.717, 1.165) is 5.69 Å². The van der Waals surface area contributed by atoms with Crippen molar-refractivity contribution in [3.05, 3.63) is 59.7 Å². The fourth-order valence-corrected chi connectivity index (χ4v) is 2.24. The van der Waals surface area contributed by atoms with Crippen molar-refractivity contribution in [2.75, 3.05) is 6.54 Å². The zero-order chi connectivity index (χ0) is 17.5. The first kappa shape index (κ1) is 17.7. The molecule has 0 saturated heterocycles. The van der Waals surface area contributed by atoms with Crippen LogP contribution in [0.15, 0.2) is 42.6 Å². The lowest BCUT2D eigenvalue weighted by molar-refractivity contribution is -0.139. The van der Waals surface area contributed by atoms with Gasteiger partial charge in [0.2, 0.25) is 0 Å². The van der Waals surface area contributed by atoms with Crippen LogP contribution in [0.25, 0.3) is 0 Å². The third-order valence-corrected chi connectivity index (χ3v) is 3.60. The number of aromatic nitrogens is 1. The number of benzene rings is 1. The Bertz CT molecular complexity index is 697. The molecule has 2 aromatic rings. The number of aryl methyl sites for hydroxylation is 1. The number of rotatable bonds is 6. The maximum absolute atomic E-state index is 12.8. The van der Waals surface area contributed by atoms with Gasteiger partial charge in [-0.2, -0.15) is 0 Å². The standard InChI is InChI=1S/C17H20FN3O3/c1-21-10-2-3-14(21)15(22)8-9-19-16(23)17(24)20-11-12-4-6-13(18)7-5-12/h2-7,10,15,22H,8-9,11H2,1H3,(H,19,23)(H,20,24)/t15-/m1/s1. The van der Waals surface area contributed by atoms with E-state index >= 15 is 0 Å². The van der Waals surface area contributed by atoms with Crippen LogP contribution >= 0.6 is 0 Å². The van der Waals surface area contributed by atoms with Gasteiger partial charge in [0.25, 0.3) is 0 Å². The van der Waals surface area contributed by atoms with Crippen LogP contribution in [0, 0.1) is 5.82 Å². The Morgan fingerprint density at radius 1 is 1.17 bits per heavy atom. The van der Waals surface area contributed by atoms with Crippen molar-refractivity contribution in [1.82, 2.24) is 15.2 Å². The van der Waals surface area contributed by atoms with Gasteiger partial charge in [0.1, 0.15) is 5.82 Å². The quantitative estimate of drug-likeness (QED) is 0.690. The molecular weight excluding hydrogens is 313 g/mol. The van der Waals surface area contributed by atoms with Crippen molar-refractivity contribution < 1.29 is 19.1 Å². The molecule has 0 aliphatic carbocycles. The summed E-state index contributed by atoms with van der Waals surface area (Å²) in [6.45, 7) is 0.313. The minimum atomic E-state index is -0.771. The maximum Gasteiger partial charge on any atom is 0.309 e. The summed E-state index contributed by atoms with van der Waals surface area (Å²) in [5, 5.41) is 14.9.